The maximum Gasteiger partial charge on any atom is 0.320 e. The van der Waals surface area contributed by atoms with E-state index in [2.05, 4.69) is 0 Å². The van der Waals surface area contributed by atoms with Crippen molar-refractivity contribution in [3.63, 3.8) is 0 Å². The monoisotopic (exact) mass is 265 g/mol. The molecule has 0 bridgehead atoms. The van der Waals surface area contributed by atoms with Crippen molar-refractivity contribution in [2.24, 2.45) is 11.7 Å². The number of carboxylic acid groups (broad SMARTS) is 1. The van der Waals surface area contributed by atoms with Gasteiger partial charge in [-0.05, 0) is 42.9 Å². The van der Waals surface area contributed by atoms with Crippen molar-refractivity contribution in [3.05, 3.63) is 23.8 Å². The highest BCUT2D eigenvalue weighted by molar-refractivity contribution is 5.73. The summed E-state index contributed by atoms with van der Waals surface area (Å²) in [6.07, 6.45) is 2.73. The molecule has 1 atom stereocenters. The predicted molar refractivity (Wildman–Crippen MR) is 70.5 cm³/mol. The third-order valence-electron chi connectivity index (χ3n) is 3.17. The molecule has 1 aromatic rings. The molecule has 5 heteroatoms. The minimum atomic E-state index is -1.01. The zero-order valence-electron chi connectivity index (χ0n) is 11.0. The largest absolute Gasteiger partial charge is 0.493 e. The summed E-state index contributed by atoms with van der Waals surface area (Å²) in [6, 6.07) is 4.52. The first kappa shape index (κ1) is 13.7. The zero-order chi connectivity index (χ0) is 13.8. The fourth-order valence-corrected chi connectivity index (χ4v) is 1.79. The van der Waals surface area contributed by atoms with E-state index >= 15 is 0 Å². The lowest BCUT2D eigenvalue weighted by Crippen LogP contribution is -2.32. The van der Waals surface area contributed by atoms with Gasteiger partial charge in [-0.25, -0.2) is 0 Å². The Morgan fingerprint density at radius 1 is 1.47 bits per heavy atom. The minimum absolute atomic E-state index is 0.272. The molecule has 0 aliphatic heterocycles. The van der Waals surface area contributed by atoms with Crippen LogP contribution >= 0.6 is 0 Å². The SMILES string of the molecule is COc1cc(CC(N)C(=O)O)ccc1OCC1CC1. The lowest BCUT2D eigenvalue weighted by molar-refractivity contribution is -0.138. The average Bonchev–Trinajstić information content (AvgIpc) is 3.20. The fourth-order valence-electron chi connectivity index (χ4n) is 1.79. The molecule has 1 aliphatic carbocycles. The number of methoxy groups -OCH3 is 1. The number of rotatable bonds is 7. The van der Waals surface area contributed by atoms with E-state index in [1.54, 1.807) is 13.2 Å². The Kier molecular flexibility index (Phi) is 4.27. The number of carboxylic acids is 1. The van der Waals surface area contributed by atoms with E-state index in [0.29, 0.717) is 24.0 Å². The topological polar surface area (TPSA) is 81.8 Å². The molecule has 0 saturated heterocycles. The van der Waals surface area contributed by atoms with Crippen LogP contribution < -0.4 is 15.2 Å². The summed E-state index contributed by atoms with van der Waals surface area (Å²) in [6.45, 7) is 0.713. The third kappa shape index (κ3) is 3.86. The summed E-state index contributed by atoms with van der Waals surface area (Å²) in [5, 5.41) is 8.80. The van der Waals surface area contributed by atoms with Crippen LogP contribution in [0.2, 0.25) is 0 Å². The van der Waals surface area contributed by atoms with Gasteiger partial charge in [0, 0.05) is 0 Å². The molecule has 2 rings (SSSR count). The van der Waals surface area contributed by atoms with Gasteiger partial charge in [0.05, 0.1) is 13.7 Å². The van der Waals surface area contributed by atoms with Crippen LogP contribution in [0.5, 0.6) is 11.5 Å². The van der Waals surface area contributed by atoms with E-state index in [4.69, 9.17) is 20.3 Å². The van der Waals surface area contributed by atoms with Crippen LogP contribution in [0.15, 0.2) is 18.2 Å². The number of nitrogens with two attached hydrogens (primary N) is 1. The van der Waals surface area contributed by atoms with Gasteiger partial charge in [-0.3, -0.25) is 4.79 Å². The standard InChI is InChI=1S/C14H19NO4/c1-18-13-7-10(6-11(15)14(16)17)4-5-12(13)19-8-9-2-3-9/h4-5,7,9,11H,2-3,6,8,15H2,1H3,(H,16,17). The molecular weight excluding hydrogens is 246 g/mol. The number of aliphatic carboxylic acids is 1. The second kappa shape index (κ2) is 5.93. The third-order valence-corrected chi connectivity index (χ3v) is 3.17. The summed E-state index contributed by atoms with van der Waals surface area (Å²) in [7, 11) is 1.57. The number of hydrogen-bond donors (Lipinski definition) is 2. The van der Waals surface area contributed by atoms with Crippen molar-refractivity contribution in [1.29, 1.82) is 0 Å². The van der Waals surface area contributed by atoms with Gasteiger partial charge >= 0.3 is 5.97 Å². The molecule has 19 heavy (non-hydrogen) atoms. The van der Waals surface area contributed by atoms with Gasteiger partial charge in [-0.2, -0.15) is 0 Å². The van der Waals surface area contributed by atoms with E-state index in [0.717, 1.165) is 5.56 Å². The van der Waals surface area contributed by atoms with Crippen molar-refractivity contribution >= 4 is 5.97 Å². The molecule has 0 spiro atoms. The van der Waals surface area contributed by atoms with Gasteiger partial charge in [0.2, 0.25) is 0 Å². The number of carbonyl (C=O) groups is 1. The fraction of sp³-hybridized carbons (Fsp3) is 0.500. The van der Waals surface area contributed by atoms with Crippen molar-refractivity contribution < 1.29 is 19.4 Å². The van der Waals surface area contributed by atoms with E-state index < -0.39 is 12.0 Å². The maximum absolute atomic E-state index is 10.7. The van der Waals surface area contributed by atoms with Crippen molar-refractivity contribution in [2.75, 3.05) is 13.7 Å². The number of hydrogen-bond acceptors (Lipinski definition) is 4. The van der Waals surface area contributed by atoms with E-state index in [-0.39, 0.29) is 6.42 Å². The van der Waals surface area contributed by atoms with E-state index in [9.17, 15) is 4.79 Å². The van der Waals surface area contributed by atoms with Crippen LogP contribution in [0.3, 0.4) is 0 Å². The van der Waals surface area contributed by atoms with Crippen LogP contribution in [0, 0.1) is 5.92 Å². The zero-order valence-corrected chi connectivity index (χ0v) is 11.0. The highest BCUT2D eigenvalue weighted by Gasteiger charge is 2.22. The number of ether oxygens (including phenoxy) is 2. The summed E-state index contributed by atoms with van der Waals surface area (Å²) in [4.78, 5) is 10.7. The quantitative estimate of drug-likeness (QED) is 0.779. The molecule has 1 saturated carbocycles. The van der Waals surface area contributed by atoms with E-state index in [1.807, 2.05) is 12.1 Å². The first-order valence-corrected chi connectivity index (χ1v) is 6.38. The Balaban J connectivity index is 2.03. The molecule has 0 radical (unpaired) electrons. The maximum atomic E-state index is 10.7. The predicted octanol–water partition coefficient (Wildman–Crippen LogP) is 1.44. The molecule has 0 amide bonds. The first-order valence-electron chi connectivity index (χ1n) is 6.38. The van der Waals surface area contributed by atoms with Gasteiger partial charge in [0.1, 0.15) is 6.04 Å². The molecule has 1 unspecified atom stereocenters. The Morgan fingerprint density at radius 3 is 2.79 bits per heavy atom. The average molecular weight is 265 g/mol. The van der Waals surface area contributed by atoms with Gasteiger partial charge < -0.3 is 20.3 Å². The summed E-state index contributed by atoms with van der Waals surface area (Å²) >= 11 is 0. The molecule has 0 heterocycles. The van der Waals surface area contributed by atoms with Crippen LogP contribution in [-0.4, -0.2) is 30.8 Å². The van der Waals surface area contributed by atoms with Crippen LogP contribution in [0.25, 0.3) is 0 Å². The highest BCUT2D eigenvalue weighted by Crippen LogP contribution is 2.33. The van der Waals surface area contributed by atoms with Crippen LogP contribution in [0.4, 0.5) is 0 Å². The van der Waals surface area contributed by atoms with Crippen molar-refractivity contribution in [1.82, 2.24) is 0 Å². The van der Waals surface area contributed by atoms with Gasteiger partial charge in [-0.1, -0.05) is 6.07 Å². The van der Waals surface area contributed by atoms with Crippen molar-refractivity contribution in [3.8, 4) is 11.5 Å². The van der Waals surface area contributed by atoms with Crippen molar-refractivity contribution in [2.45, 2.75) is 25.3 Å². The minimum Gasteiger partial charge on any atom is -0.493 e. The Morgan fingerprint density at radius 2 is 2.21 bits per heavy atom. The lowest BCUT2D eigenvalue weighted by Gasteiger charge is -2.13. The number of benzene rings is 1. The summed E-state index contributed by atoms with van der Waals surface area (Å²) < 4.78 is 11.0. The lowest BCUT2D eigenvalue weighted by atomic mass is 10.1. The van der Waals surface area contributed by atoms with Gasteiger partial charge in [0.15, 0.2) is 11.5 Å². The van der Waals surface area contributed by atoms with Crippen LogP contribution in [-0.2, 0) is 11.2 Å². The van der Waals surface area contributed by atoms with Gasteiger partial charge in [-0.15, -0.1) is 0 Å². The summed E-state index contributed by atoms with van der Waals surface area (Å²) in [5.41, 5.74) is 6.34. The Bertz CT molecular complexity index is 457. The highest BCUT2D eigenvalue weighted by atomic mass is 16.5. The second-order valence-corrected chi connectivity index (χ2v) is 4.89. The molecule has 1 fully saturated rings. The molecule has 1 aliphatic rings. The molecule has 3 N–H and O–H groups in total. The molecule has 5 nitrogen and oxygen atoms in total. The molecule has 1 aromatic carbocycles. The smallest absolute Gasteiger partial charge is 0.320 e. The van der Waals surface area contributed by atoms with Gasteiger partial charge in [0.25, 0.3) is 0 Å². The van der Waals surface area contributed by atoms with E-state index in [1.165, 1.54) is 12.8 Å². The van der Waals surface area contributed by atoms with Crippen LogP contribution in [0.1, 0.15) is 18.4 Å². The normalized spacial score (nSPS) is 15.9. The second-order valence-electron chi connectivity index (χ2n) is 4.89. The summed E-state index contributed by atoms with van der Waals surface area (Å²) in [5.74, 6) is 0.982. The Hall–Kier alpha value is -1.75. The first-order chi connectivity index (χ1) is 9.10. The Labute approximate surface area is 112 Å². The molecule has 0 aromatic heterocycles. The molecular formula is C14H19NO4. The molecule has 104 valence electrons.